The Morgan fingerprint density at radius 2 is 1.80 bits per heavy atom. The highest BCUT2D eigenvalue weighted by Crippen LogP contribution is 2.14. The molecular weight excluding hydrogens is 260 g/mol. The molecule has 0 aliphatic rings. The maximum atomic E-state index is 11.7. The van der Waals surface area contributed by atoms with Gasteiger partial charge in [-0.1, -0.05) is 0 Å². The number of amides is 2. The Morgan fingerprint density at radius 1 is 1.20 bits per heavy atom. The van der Waals surface area contributed by atoms with Crippen molar-refractivity contribution in [3.63, 3.8) is 0 Å². The highest BCUT2D eigenvalue weighted by molar-refractivity contribution is 5.93. The molecule has 102 valence electrons. The van der Waals surface area contributed by atoms with Gasteiger partial charge in [-0.25, -0.2) is 9.59 Å². The summed E-state index contributed by atoms with van der Waals surface area (Å²) in [5.74, 6) is -1.18. The summed E-state index contributed by atoms with van der Waals surface area (Å²) in [6, 6.07) is 7.16. The van der Waals surface area contributed by atoms with E-state index in [9.17, 15) is 9.59 Å². The Labute approximate surface area is 115 Å². The summed E-state index contributed by atoms with van der Waals surface area (Å²) in [5, 5.41) is 31.2. The summed E-state index contributed by atoms with van der Waals surface area (Å²) in [7, 11) is 0. The van der Waals surface area contributed by atoms with Gasteiger partial charge in [0.25, 0.3) is 0 Å². The third kappa shape index (κ3) is 3.47. The van der Waals surface area contributed by atoms with Crippen LogP contribution in [0.25, 0.3) is 0 Å². The van der Waals surface area contributed by atoms with Gasteiger partial charge in [0.15, 0.2) is 0 Å². The fourth-order valence-corrected chi connectivity index (χ4v) is 1.31. The molecule has 0 aliphatic heterocycles. The van der Waals surface area contributed by atoms with E-state index in [0.717, 1.165) is 0 Å². The first kappa shape index (κ1) is 15.0. The monoisotopic (exact) mass is 272 g/mol. The normalized spacial score (nSPS) is 10.0. The summed E-state index contributed by atoms with van der Waals surface area (Å²) in [5.41, 5.74) is -0.805. The van der Waals surface area contributed by atoms with Gasteiger partial charge in [-0.15, -0.1) is 0 Å². The number of hydrogen-bond donors (Lipinski definition) is 3. The van der Waals surface area contributed by atoms with E-state index >= 15 is 0 Å². The number of nitrogens with zero attached hydrogens (tertiary/aromatic N) is 2. The standard InChI is InChI=1S/C13H12N4O3/c1-13(2,11(18)19)17-12(20)16-10-4-3-8(6-14)9(5-10)7-15/h3-5H,1-2H3,(H,18,19)(H2,16,17,20). The van der Waals surface area contributed by atoms with Crippen LogP contribution in [-0.2, 0) is 4.79 Å². The van der Waals surface area contributed by atoms with Crippen LogP contribution in [0.5, 0.6) is 0 Å². The van der Waals surface area contributed by atoms with Gasteiger partial charge in [-0.2, -0.15) is 10.5 Å². The average molecular weight is 272 g/mol. The molecule has 1 aromatic carbocycles. The second kappa shape index (κ2) is 5.72. The number of rotatable bonds is 3. The van der Waals surface area contributed by atoms with Gasteiger partial charge >= 0.3 is 12.0 Å². The van der Waals surface area contributed by atoms with Crippen LogP contribution in [0.1, 0.15) is 25.0 Å². The van der Waals surface area contributed by atoms with Gasteiger partial charge in [-0.05, 0) is 32.0 Å². The van der Waals surface area contributed by atoms with E-state index in [1.165, 1.54) is 32.0 Å². The van der Waals surface area contributed by atoms with Crippen molar-refractivity contribution in [3.05, 3.63) is 29.3 Å². The van der Waals surface area contributed by atoms with Crippen LogP contribution >= 0.6 is 0 Å². The van der Waals surface area contributed by atoms with Gasteiger partial charge in [0, 0.05) is 5.69 Å². The number of carbonyl (C=O) groups is 2. The van der Waals surface area contributed by atoms with E-state index < -0.39 is 17.5 Å². The summed E-state index contributed by atoms with van der Waals surface area (Å²) < 4.78 is 0. The van der Waals surface area contributed by atoms with E-state index in [1.807, 2.05) is 12.1 Å². The minimum absolute atomic E-state index is 0.128. The molecule has 0 aliphatic carbocycles. The zero-order valence-electron chi connectivity index (χ0n) is 10.9. The molecule has 7 nitrogen and oxygen atoms in total. The average Bonchev–Trinajstić information content (AvgIpc) is 2.37. The lowest BCUT2D eigenvalue weighted by atomic mass is 10.1. The van der Waals surface area contributed by atoms with Gasteiger partial charge in [-0.3, -0.25) is 0 Å². The minimum Gasteiger partial charge on any atom is -0.480 e. The Bertz CT molecular complexity index is 638. The molecule has 0 saturated carbocycles. The lowest BCUT2D eigenvalue weighted by Gasteiger charge is -2.21. The van der Waals surface area contributed by atoms with Gasteiger partial charge in [0.2, 0.25) is 0 Å². The van der Waals surface area contributed by atoms with Crippen LogP contribution in [0.15, 0.2) is 18.2 Å². The minimum atomic E-state index is -1.42. The molecule has 1 aromatic rings. The maximum absolute atomic E-state index is 11.7. The van der Waals surface area contributed by atoms with Crippen molar-refractivity contribution < 1.29 is 14.7 Å². The quantitative estimate of drug-likeness (QED) is 0.766. The Hall–Kier alpha value is -3.06. The van der Waals surface area contributed by atoms with Crippen molar-refractivity contribution in [2.75, 3.05) is 5.32 Å². The molecule has 20 heavy (non-hydrogen) atoms. The molecule has 0 spiro atoms. The Morgan fingerprint density at radius 3 is 2.30 bits per heavy atom. The largest absolute Gasteiger partial charge is 0.480 e. The number of nitriles is 2. The number of benzene rings is 1. The van der Waals surface area contributed by atoms with E-state index in [2.05, 4.69) is 10.6 Å². The summed E-state index contributed by atoms with van der Waals surface area (Å²) in [6.45, 7) is 2.68. The third-order valence-electron chi connectivity index (χ3n) is 2.48. The molecule has 0 radical (unpaired) electrons. The fourth-order valence-electron chi connectivity index (χ4n) is 1.31. The number of hydrogen-bond acceptors (Lipinski definition) is 4. The molecular formula is C13H12N4O3. The van der Waals surface area contributed by atoms with Crippen molar-refractivity contribution in [3.8, 4) is 12.1 Å². The van der Waals surface area contributed by atoms with Crippen LogP contribution in [0.2, 0.25) is 0 Å². The van der Waals surface area contributed by atoms with Crippen LogP contribution in [0.3, 0.4) is 0 Å². The first-order valence-corrected chi connectivity index (χ1v) is 5.57. The molecule has 0 saturated heterocycles. The van der Waals surface area contributed by atoms with Crippen molar-refractivity contribution in [1.29, 1.82) is 10.5 Å². The summed E-state index contributed by atoms with van der Waals surface area (Å²) >= 11 is 0. The first-order chi connectivity index (χ1) is 9.30. The molecule has 0 aromatic heterocycles. The lowest BCUT2D eigenvalue weighted by molar-refractivity contribution is -0.142. The van der Waals surface area contributed by atoms with E-state index in [0.29, 0.717) is 5.69 Å². The number of aliphatic carboxylic acids is 1. The number of carbonyl (C=O) groups excluding carboxylic acids is 1. The summed E-state index contributed by atoms with van der Waals surface area (Å²) in [4.78, 5) is 22.5. The van der Waals surface area contributed by atoms with Crippen molar-refractivity contribution in [2.24, 2.45) is 0 Å². The molecule has 0 fully saturated rings. The zero-order valence-corrected chi connectivity index (χ0v) is 10.9. The number of carboxylic acid groups (broad SMARTS) is 1. The van der Waals surface area contributed by atoms with Crippen LogP contribution in [-0.4, -0.2) is 22.6 Å². The SMILES string of the molecule is CC(C)(NC(=O)Nc1ccc(C#N)c(C#N)c1)C(=O)O. The van der Waals surface area contributed by atoms with Crippen molar-refractivity contribution in [2.45, 2.75) is 19.4 Å². The van der Waals surface area contributed by atoms with Crippen LogP contribution < -0.4 is 10.6 Å². The smallest absolute Gasteiger partial charge is 0.328 e. The zero-order chi connectivity index (χ0) is 15.3. The van der Waals surface area contributed by atoms with Crippen LogP contribution in [0.4, 0.5) is 10.5 Å². The molecule has 0 bridgehead atoms. The molecule has 2 amide bonds. The second-order valence-corrected chi connectivity index (χ2v) is 4.49. The number of nitrogens with one attached hydrogen (secondary N) is 2. The molecule has 0 atom stereocenters. The van der Waals surface area contributed by atoms with Crippen LogP contribution in [0, 0.1) is 22.7 Å². The molecule has 0 heterocycles. The highest BCUT2D eigenvalue weighted by Gasteiger charge is 2.28. The van der Waals surface area contributed by atoms with E-state index in [1.54, 1.807) is 0 Å². The Kier molecular flexibility index (Phi) is 4.29. The first-order valence-electron chi connectivity index (χ1n) is 5.57. The number of urea groups is 1. The van der Waals surface area contributed by atoms with Gasteiger partial charge in [0.05, 0.1) is 11.1 Å². The molecule has 1 rings (SSSR count). The van der Waals surface area contributed by atoms with Gasteiger partial charge in [0.1, 0.15) is 17.7 Å². The van der Waals surface area contributed by atoms with E-state index in [-0.39, 0.29) is 11.1 Å². The number of carboxylic acids is 1. The second-order valence-electron chi connectivity index (χ2n) is 4.49. The predicted octanol–water partition coefficient (Wildman–Crippen LogP) is 1.41. The third-order valence-corrected chi connectivity index (χ3v) is 2.48. The number of anilines is 1. The van der Waals surface area contributed by atoms with Crippen molar-refractivity contribution >= 4 is 17.7 Å². The molecule has 3 N–H and O–H groups in total. The topological polar surface area (TPSA) is 126 Å². The van der Waals surface area contributed by atoms with E-state index in [4.69, 9.17) is 15.6 Å². The maximum Gasteiger partial charge on any atom is 0.328 e. The highest BCUT2D eigenvalue weighted by atomic mass is 16.4. The summed E-state index contributed by atoms with van der Waals surface area (Å²) in [6.07, 6.45) is 0. The fraction of sp³-hybridized carbons (Fsp3) is 0.231. The molecule has 0 unspecified atom stereocenters. The van der Waals surface area contributed by atoms with Gasteiger partial charge < -0.3 is 15.7 Å². The lowest BCUT2D eigenvalue weighted by Crippen LogP contribution is -2.51. The van der Waals surface area contributed by atoms with Crippen molar-refractivity contribution in [1.82, 2.24) is 5.32 Å². The predicted molar refractivity (Wildman–Crippen MR) is 69.7 cm³/mol. The molecule has 7 heteroatoms. The Balaban J connectivity index is 2.86.